The van der Waals surface area contributed by atoms with E-state index in [9.17, 15) is 4.39 Å². The molecule has 0 radical (unpaired) electrons. The van der Waals surface area contributed by atoms with E-state index in [0.29, 0.717) is 0 Å². The number of nitrogens with zero attached hydrogens (tertiary/aromatic N) is 6. The lowest BCUT2D eigenvalue weighted by molar-refractivity contribution is -0.0156. The first-order valence-corrected chi connectivity index (χ1v) is 4.07. The second-order valence-electron chi connectivity index (χ2n) is 2.89. The largest absolute Gasteiger partial charge is 0.375 e. The van der Waals surface area contributed by atoms with Gasteiger partial charge in [-0.2, -0.15) is 0 Å². The molecular weight excluding hydrogens is 191 g/mol. The van der Waals surface area contributed by atoms with E-state index < -0.39 is 24.9 Å². The van der Waals surface area contributed by atoms with Crippen LogP contribution in [-0.2, 0) is 4.74 Å². The highest BCUT2D eigenvalue weighted by Crippen LogP contribution is 2.20. The molecule has 0 aliphatic carbocycles. The zero-order valence-corrected chi connectivity index (χ0v) is 7.32. The Kier molecular flexibility index (Phi) is 4.00. The third kappa shape index (κ3) is 2.50. The van der Waals surface area contributed by atoms with Crippen molar-refractivity contribution >= 4 is 0 Å². The first-order chi connectivity index (χ1) is 6.81. The average molecular weight is 200 g/mol. The van der Waals surface area contributed by atoms with Crippen molar-refractivity contribution in [2.45, 2.75) is 24.6 Å². The van der Waals surface area contributed by atoms with Crippen LogP contribution in [-0.4, -0.2) is 31.5 Å². The summed E-state index contributed by atoms with van der Waals surface area (Å²) < 4.78 is 17.3. The molecule has 0 aromatic carbocycles. The number of hydrogen-bond acceptors (Lipinski definition) is 3. The minimum atomic E-state index is -0.625. The third-order valence-corrected chi connectivity index (χ3v) is 2.02. The van der Waals surface area contributed by atoms with Crippen molar-refractivity contribution < 1.29 is 9.13 Å². The van der Waals surface area contributed by atoms with Crippen molar-refractivity contribution in [2.75, 3.05) is 13.3 Å². The number of ether oxygens (including phenoxy) is 1. The molecule has 0 aromatic rings. The summed E-state index contributed by atoms with van der Waals surface area (Å²) in [6.07, 6.45) is -0.305. The van der Waals surface area contributed by atoms with Gasteiger partial charge >= 0.3 is 0 Å². The number of halogens is 1. The maximum absolute atomic E-state index is 12.2. The van der Waals surface area contributed by atoms with E-state index in [1.165, 1.54) is 0 Å². The molecule has 1 aliphatic rings. The molecule has 1 fully saturated rings. The summed E-state index contributed by atoms with van der Waals surface area (Å²) in [5.41, 5.74) is 16.5. The fourth-order valence-electron chi connectivity index (χ4n) is 1.31. The van der Waals surface area contributed by atoms with Gasteiger partial charge in [-0.3, -0.25) is 0 Å². The molecule has 0 aromatic heterocycles. The Bertz CT molecular complexity index is 284. The Morgan fingerprint density at radius 2 is 1.93 bits per heavy atom. The zero-order valence-electron chi connectivity index (χ0n) is 7.32. The number of alkyl halides is 1. The number of rotatable bonds is 3. The Labute approximate surface area is 79.1 Å². The molecular formula is C6H9FN6O. The van der Waals surface area contributed by atoms with Gasteiger partial charge in [-0.05, 0) is 17.5 Å². The summed E-state index contributed by atoms with van der Waals surface area (Å²) in [6.45, 7) is -0.525. The standard InChI is InChI=1S/C6H9FN6O/c7-2-4-1-5(10-12-8)6(3-14-4)11-13-9/h4-6H,1-3H2/t4-,5-,6+/m1/s1. The smallest absolute Gasteiger partial charge is 0.116 e. The van der Waals surface area contributed by atoms with E-state index in [1.807, 2.05) is 0 Å². The summed E-state index contributed by atoms with van der Waals surface area (Å²) in [6, 6.07) is -1.04. The molecule has 0 amide bonds. The highest BCUT2D eigenvalue weighted by Gasteiger charge is 2.29. The predicted octanol–water partition coefficient (Wildman–Crippen LogP) is 2.10. The van der Waals surface area contributed by atoms with E-state index >= 15 is 0 Å². The van der Waals surface area contributed by atoms with Crippen molar-refractivity contribution in [1.29, 1.82) is 0 Å². The average Bonchev–Trinajstić information content (AvgIpc) is 2.21. The molecule has 1 rings (SSSR count). The van der Waals surface area contributed by atoms with Crippen LogP contribution in [0.15, 0.2) is 10.2 Å². The van der Waals surface area contributed by atoms with Gasteiger partial charge in [0, 0.05) is 9.82 Å². The van der Waals surface area contributed by atoms with Gasteiger partial charge in [-0.1, -0.05) is 10.2 Å². The first kappa shape index (κ1) is 10.6. The highest BCUT2D eigenvalue weighted by atomic mass is 19.1. The van der Waals surface area contributed by atoms with Gasteiger partial charge in [-0.15, -0.1) is 0 Å². The molecule has 14 heavy (non-hydrogen) atoms. The molecule has 8 heteroatoms. The van der Waals surface area contributed by atoms with Crippen LogP contribution in [0, 0.1) is 0 Å². The molecule has 7 nitrogen and oxygen atoms in total. The van der Waals surface area contributed by atoms with E-state index in [4.69, 9.17) is 15.8 Å². The van der Waals surface area contributed by atoms with E-state index in [0.717, 1.165) is 0 Å². The highest BCUT2D eigenvalue weighted by molar-refractivity contribution is 4.89. The summed E-state index contributed by atoms with van der Waals surface area (Å²) in [5.74, 6) is 0. The second kappa shape index (κ2) is 5.29. The summed E-state index contributed by atoms with van der Waals surface area (Å²) in [7, 11) is 0. The van der Waals surface area contributed by atoms with Gasteiger partial charge in [0.05, 0.1) is 24.8 Å². The monoisotopic (exact) mass is 200 g/mol. The summed E-state index contributed by atoms with van der Waals surface area (Å²) in [5, 5.41) is 6.87. The maximum atomic E-state index is 12.2. The molecule has 0 bridgehead atoms. The van der Waals surface area contributed by atoms with Gasteiger partial charge in [0.1, 0.15) is 6.67 Å². The Morgan fingerprint density at radius 1 is 1.29 bits per heavy atom. The quantitative estimate of drug-likeness (QED) is 0.388. The fraction of sp³-hybridized carbons (Fsp3) is 1.00. The second-order valence-corrected chi connectivity index (χ2v) is 2.89. The van der Waals surface area contributed by atoms with Gasteiger partial charge in [0.2, 0.25) is 0 Å². The van der Waals surface area contributed by atoms with Crippen LogP contribution < -0.4 is 0 Å². The SMILES string of the molecule is [N-]=[N+]=N[C@H]1CO[C@@H](CF)C[C@H]1N=[N+]=[N-]. The van der Waals surface area contributed by atoms with Crippen LogP contribution in [0.3, 0.4) is 0 Å². The molecule has 1 heterocycles. The molecule has 3 atom stereocenters. The summed E-state index contributed by atoms with van der Waals surface area (Å²) in [4.78, 5) is 5.23. The van der Waals surface area contributed by atoms with Crippen LogP contribution >= 0.6 is 0 Å². The first-order valence-electron chi connectivity index (χ1n) is 4.07. The van der Waals surface area contributed by atoms with Crippen LogP contribution in [0.4, 0.5) is 4.39 Å². The van der Waals surface area contributed by atoms with E-state index in [2.05, 4.69) is 20.1 Å². The lowest BCUT2D eigenvalue weighted by Gasteiger charge is -2.29. The molecule has 0 N–H and O–H groups in total. The van der Waals surface area contributed by atoms with Gasteiger partial charge in [0.25, 0.3) is 0 Å². The van der Waals surface area contributed by atoms with Crippen LogP contribution in [0.5, 0.6) is 0 Å². The lowest BCUT2D eigenvalue weighted by atomic mass is 10.0. The molecule has 1 aliphatic heterocycles. The van der Waals surface area contributed by atoms with E-state index in [1.54, 1.807) is 0 Å². The van der Waals surface area contributed by atoms with Gasteiger partial charge in [-0.25, -0.2) is 4.39 Å². The fourth-order valence-corrected chi connectivity index (χ4v) is 1.31. The predicted molar refractivity (Wildman–Crippen MR) is 46.2 cm³/mol. The van der Waals surface area contributed by atoms with Crippen molar-refractivity contribution in [1.82, 2.24) is 0 Å². The number of hydrogen-bond donors (Lipinski definition) is 0. The molecule has 1 saturated heterocycles. The molecule has 76 valence electrons. The van der Waals surface area contributed by atoms with Crippen LogP contribution in [0.2, 0.25) is 0 Å². The van der Waals surface area contributed by atoms with Gasteiger partial charge < -0.3 is 4.74 Å². The Hall–Kier alpha value is -1.49. The Balaban J connectivity index is 2.69. The molecule has 0 unspecified atom stereocenters. The topological polar surface area (TPSA) is 107 Å². The minimum Gasteiger partial charge on any atom is -0.375 e. The summed E-state index contributed by atoms with van der Waals surface area (Å²) >= 11 is 0. The zero-order chi connectivity index (χ0) is 10.4. The van der Waals surface area contributed by atoms with E-state index in [-0.39, 0.29) is 13.0 Å². The Morgan fingerprint density at radius 3 is 2.50 bits per heavy atom. The normalized spacial score (nSPS) is 31.4. The van der Waals surface area contributed by atoms with Crippen molar-refractivity contribution in [3.8, 4) is 0 Å². The maximum Gasteiger partial charge on any atom is 0.116 e. The van der Waals surface area contributed by atoms with Crippen LogP contribution in [0.25, 0.3) is 20.9 Å². The van der Waals surface area contributed by atoms with Crippen molar-refractivity contribution in [2.24, 2.45) is 10.2 Å². The van der Waals surface area contributed by atoms with Crippen LogP contribution in [0.1, 0.15) is 6.42 Å². The number of azide groups is 2. The van der Waals surface area contributed by atoms with Gasteiger partial charge in [0.15, 0.2) is 0 Å². The lowest BCUT2D eigenvalue weighted by Crippen LogP contribution is -2.39. The minimum absolute atomic E-state index is 0.0995. The van der Waals surface area contributed by atoms with Crippen molar-refractivity contribution in [3.63, 3.8) is 0 Å². The van der Waals surface area contributed by atoms with Crippen molar-refractivity contribution in [3.05, 3.63) is 20.9 Å². The molecule has 0 saturated carbocycles. The third-order valence-electron chi connectivity index (χ3n) is 2.02. The molecule has 0 spiro atoms.